The van der Waals surface area contributed by atoms with E-state index in [2.05, 4.69) is 9.97 Å². The summed E-state index contributed by atoms with van der Waals surface area (Å²) in [6, 6.07) is -1.37. The minimum atomic E-state index is -6.14. The molecule has 5 rings (SSSR count). The Morgan fingerprint density at radius 2 is 1.65 bits per heavy atom. The summed E-state index contributed by atoms with van der Waals surface area (Å²) in [5, 5.41) is 31.4. The van der Waals surface area contributed by atoms with Crippen LogP contribution in [0.4, 0.5) is 32.3 Å². The minimum Gasteiger partial charge on any atom is -0.393 e. The molecule has 0 aromatic carbocycles. The molecular formula is C25H28F6N6O7S2. The van der Waals surface area contributed by atoms with Crippen molar-refractivity contribution in [2.24, 2.45) is 0 Å². The maximum atomic E-state index is 13.7. The summed E-state index contributed by atoms with van der Waals surface area (Å²) < 4.78 is 115. The van der Waals surface area contributed by atoms with Gasteiger partial charge in [0.05, 0.1) is 30.3 Å². The molecule has 2 unspecified atom stereocenters. The first-order valence-corrected chi connectivity index (χ1v) is 15.8. The van der Waals surface area contributed by atoms with E-state index in [4.69, 9.17) is 17.0 Å². The fourth-order valence-corrected chi connectivity index (χ4v) is 8.24. The van der Waals surface area contributed by atoms with Crippen molar-refractivity contribution in [3.05, 3.63) is 50.8 Å². The Labute approximate surface area is 263 Å². The molecule has 0 spiro atoms. The predicted octanol–water partition coefficient (Wildman–Crippen LogP) is 1.65. The third kappa shape index (κ3) is 6.24. The smallest absolute Gasteiger partial charge is 0.393 e. The highest BCUT2D eigenvalue weighted by Gasteiger charge is 2.71. The third-order valence-electron chi connectivity index (χ3n) is 8.53. The van der Waals surface area contributed by atoms with E-state index in [0.717, 1.165) is 10.4 Å². The molecule has 2 bridgehead atoms. The lowest BCUT2D eigenvalue weighted by Gasteiger charge is -2.51. The van der Waals surface area contributed by atoms with Crippen LogP contribution < -0.4 is 4.90 Å². The summed E-state index contributed by atoms with van der Waals surface area (Å²) in [5.74, 6) is -0.318. The number of halogens is 6. The molecule has 0 radical (unpaired) electrons. The number of alkyl halides is 6. The molecule has 0 saturated carbocycles. The first-order chi connectivity index (χ1) is 21.3. The number of piperidine rings is 1. The van der Waals surface area contributed by atoms with E-state index in [1.165, 1.54) is 11.0 Å². The molecule has 254 valence electrons. The number of aliphatic hydroxyl groups excluding tert-OH is 1. The quantitative estimate of drug-likeness (QED) is 0.183. The highest BCUT2D eigenvalue weighted by atomic mass is 32.2. The van der Waals surface area contributed by atoms with Crippen molar-refractivity contribution < 1.29 is 54.6 Å². The van der Waals surface area contributed by atoms with Crippen LogP contribution in [-0.4, -0.2) is 124 Å². The van der Waals surface area contributed by atoms with Gasteiger partial charge in [-0.1, -0.05) is 12.2 Å². The molecule has 1 aromatic rings. The van der Waals surface area contributed by atoms with Crippen molar-refractivity contribution in [1.82, 2.24) is 19.2 Å². The highest BCUT2D eigenvalue weighted by Crippen LogP contribution is 2.49. The summed E-state index contributed by atoms with van der Waals surface area (Å²) in [6.07, 6.45) is -9.83. The Bertz CT molecular complexity index is 1510. The molecule has 1 aromatic heterocycles. The molecule has 4 aliphatic rings. The number of anilines is 1. The second-order valence-corrected chi connectivity index (χ2v) is 13.8. The van der Waals surface area contributed by atoms with E-state index in [0.29, 0.717) is 12.8 Å². The van der Waals surface area contributed by atoms with Gasteiger partial charge in [-0.25, -0.2) is 18.4 Å². The van der Waals surface area contributed by atoms with Gasteiger partial charge in [-0.05, 0) is 18.9 Å². The van der Waals surface area contributed by atoms with E-state index in [-0.39, 0.29) is 81.1 Å². The van der Waals surface area contributed by atoms with Gasteiger partial charge >= 0.3 is 12.4 Å². The number of sulfonamides is 1. The lowest BCUT2D eigenvalue weighted by molar-refractivity contribution is -0.419. The zero-order chi connectivity index (χ0) is 33.8. The average Bonchev–Trinajstić information content (AvgIpc) is 2.96. The fraction of sp³-hybridized carbons (Fsp3) is 0.640. The number of piperazine rings is 1. The van der Waals surface area contributed by atoms with Crippen LogP contribution in [0.5, 0.6) is 0 Å². The Kier molecular flexibility index (Phi) is 9.25. The number of allylic oxidation sites excluding steroid dienone is 3. The van der Waals surface area contributed by atoms with E-state index in [1.807, 2.05) is 4.90 Å². The Morgan fingerprint density at radius 1 is 1.07 bits per heavy atom. The second kappa shape index (κ2) is 12.3. The maximum Gasteiger partial charge on any atom is 0.430 e. The van der Waals surface area contributed by atoms with Crippen LogP contribution >= 0.6 is 12.2 Å². The molecule has 2 N–H and O–H groups in total. The van der Waals surface area contributed by atoms with Crippen LogP contribution in [-0.2, 0) is 20.4 Å². The number of hydrogen-bond donors (Lipinski definition) is 2. The summed E-state index contributed by atoms with van der Waals surface area (Å²) in [7, 11) is -4.39. The normalized spacial score (nSPS) is 27.3. The molecule has 4 heterocycles. The summed E-state index contributed by atoms with van der Waals surface area (Å²) in [6.45, 7) is -0.0753. The number of morpholine rings is 1. The van der Waals surface area contributed by atoms with Crippen molar-refractivity contribution in [2.45, 2.75) is 61.4 Å². The molecule has 3 atom stereocenters. The van der Waals surface area contributed by atoms with E-state index < -0.39 is 61.2 Å². The van der Waals surface area contributed by atoms with Crippen molar-refractivity contribution >= 4 is 33.1 Å². The van der Waals surface area contributed by atoms with Crippen LogP contribution in [0.15, 0.2) is 35.1 Å². The van der Waals surface area contributed by atoms with Gasteiger partial charge < -0.3 is 19.8 Å². The molecule has 13 nitrogen and oxygen atoms in total. The van der Waals surface area contributed by atoms with Crippen LogP contribution in [0.3, 0.4) is 0 Å². The van der Waals surface area contributed by atoms with E-state index in [9.17, 15) is 55.1 Å². The molecule has 1 aliphatic carbocycles. The zero-order valence-electron chi connectivity index (χ0n) is 23.7. The summed E-state index contributed by atoms with van der Waals surface area (Å²) in [5.41, 5.74) is -7.34. The lowest BCUT2D eigenvalue weighted by atomic mass is 9.91. The van der Waals surface area contributed by atoms with E-state index >= 15 is 0 Å². The SMILES string of the molecule is O=[N+]([O-])C1=CCC(=S)C(S(=O)(=O)N2CCN(c3ncc(C(O)(C(F)(F)F)C(F)(F)F)cn3)[C@@H](CN3C4COCC3CC(O)C4)C2)=C1. The number of aromatic nitrogens is 2. The number of fused-ring (bicyclic) bond motifs is 2. The van der Waals surface area contributed by atoms with Gasteiger partial charge in [-0.2, -0.15) is 30.6 Å². The van der Waals surface area contributed by atoms with Crippen LogP contribution in [0, 0.1) is 10.1 Å². The van der Waals surface area contributed by atoms with Gasteiger partial charge in [0.2, 0.25) is 16.0 Å². The van der Waals surface area contributed by atoms with Crippen molar-refractivity contribution in [3.63, 3.8) is 0 Å². The molecule has 3 fully saturated rings. The number of ether oxygens (including phenoxy) is 1. The van der Waals surface area contributed by atoms with Crippen LogP contribution in [0.1, 0.15) is 24.8 Å². The third-order valence-corrected chi connectivity index (χ3v) is 11.0. The average molecular weight is 703 g/mol. The Balaban J connectivity index is 1.48. The number of hydrogen-bond acceptors (Lipinski definition) is 12. The molecular weight excluding hydrogens is 674 g/mol. The van der Waals surface area contributed by atoms with E-state index in [1.54, 1.807) is 0 Å². The first kappa shape index (κ1) is 34.5. The predicted molar refractivity (Wildman–Crippen MR) is 150 cm³/mol. The highest BCUT2D eigenvalue weighted by molar-refractivity contribution is 7.96. The van der Waals surface area contributed by atoms with Crippen LogP contribution in [0.25, 0.3) is 0 Å². The second-order valence-electron chi connectivity index (χ2n) is 11.4. The Hall–Kier alpha value is -2.82. The van der Waals surface area contributed by atoms with Gasteiger partial charge in [-0.15, -0.1) is 0 Å². The number of nitro groups is 1. The molecule has 3 saturated heterocycles. The molecule has 21 heteroatoms. The minimum absolute atomic E-state index is 0.0398. The summed E-state index contributed by atoms with van der Waals surface area (Å²) >= 11 is 5.21. The number of aliphatic hydroxyl groups is 2. The maximum absolute atomic E-state index is 13.7. The van der Waals surface area contributed by atoms with Crippen molar-refractivity contribution in [1.29, 1.82) is 0 Å². The summed E-state index contributed by atoms with van der Waals surface area (Å²) in [4.78, 5) is 21.0. The Morgan fingerprint density at radius 3 is 2.20 bits per heavy atom. The topological polar surface area (TPSA) is 162 Å². The van der Waals surface area contributed by atoms with Gasteiger partial charge in [0.25, 0.3) is 11.3 Å². The number of nitrogens with zero attached hydrogens (tertiary/aromatic N) is 6. The largest absolute Gasteiger partial charge is 0.430 e. The lowest BCUT2D eigenvalue weighted by Crippen LogP contribution is -2.65. The monoisotopic (exact) mass is 702 g/mol. The van der Waals surface area contributed by atoms with Gasteiger partial charge in [0.15, 0.2) is 0 Å². The van der Waals surface area contributed by atoms with Gasteiger partial charge in [0, 0.05) is 73.6 Å². The van der Waals surface area contributed by atoms with Crippen LogP contribution in [0.2, 0.25) is 0 Å². The molecule has 0 amide bonds. The van der Waals surface area contributed by atoms with Crippen molar-refractivity contribution in [2.75, 3.05) is 44.3 Å². The van der Waals surface area contributed by atoms with Gasteiger partial charge in [-0.3, -0.25) is 15.0 Å². The zero-order valence-corrected chi connectivity index (χ0v) is 25.3. The number of rotatable bonds is 7. The molecule has 3 aliphatic heterocycles. The number of thiocarbonyl (C=S) groups is 1. The van der Waals surface area contributed by atoms with Gasteiger partial charge in [0.1, 0.15) is 4.91 Å². The standard InChI is InChI=1S/C25H28F6N6O7S2/c26-24(27,28)23(39,25(29,30)31)14-8-32-22(33-9-14)35-4-3-34(46(42,43)21-7-15(37(40)41)1-2-20(21)45)10-18(35)11-36-16-5-19(38)6-17(36)13-44-12-16/h1,7-9,16-19,38-39H,2-6,10-13H2/t16?,17?,18-,19?/m1/s1. The van der Waals surface area contributed by atoms with Crippen molar-refractivity contribution in [3.8, 4) is 0 Å². The first-order valence-electron chi connectivity index (χ1n) is 13.9. The fourth-order valence-electron chi connectivity index (χ4n) is 6.17. The molecule has 46 heavy (non-hydrogen) atoms.